The first kappa shape index (κ1) is 13.9. The summed E-state index contributed by atoms with van der Waals surface area (Å²) in [6.07, 6.45) is 1.71. The highest BCUT2D eigenvalue weighted by atomic mass is 16.4. The van der Waals surface area contributed by atoms with E-state index >= 15 is 0 Å². The molecule has 1 N–H and O–H groups in total. The molecule has 0 saturated heterocycles. The molecule has 4 heteroatoms. The smallest absolute Gasteiger partial charge is 0.335 e. The maximum atomic E-state index is 10.9. The van der Waals surface area contributed by atoms with Crippen LogP contribution in [0.15, 0.2) is 60.8 Å². The number of nitrogens with zero attached hydrogens (tertiary/aromatic N) is 2. The Hall–Kier alpha value is -3.01. The molecule has 3 rings (SSSR count). The van der Waals surface area contributed by atoms with Crippen molar-refractivity contribution in [2.75, 3.05) is 0 Å². The Labute approximate surface area is 128 Å². The third-order valence-corrected chi connectivity index (χ3v) is 3.36. The first-order valence-electron chi connectivity index (χ1n) is 6.87. The molecule has 1 heterocycles. The molecule has 0 aliphatic rings. The van der Waals surface area contributed by atoms with Crippen molar-refractivity contribution < 1.29 is 9.90 Å². The Morgan fingerprint density at radius 2 is 1.77 bits per heavy atom. The van der Waals surface area contributed by atoms with Gasteiger partial charge in [0.25, 0.3) is 0 Å². The molecule has 0 saturated carbocycles. The third kappa shape index (κ3) is 2.86. The van der Waals surface area contributed by atoms with Crippen LogP contribution in [0.4, 0.5) is 0 Å². The van der Waals surface area contributed by atoms with Crippen LogP contribution in [0.25, 0.3) is 22.6 Å². The minimum Gasteiger partial charge on any atom is -0.478 e. The largest absolute Gasteiger partial charge is 0.478 e. The Bertz CT molecular complexity index is 827. The second-order valence-corrected chi connectivity index (χ2v) is 5.02. The summed E-state index contributed by atoms with van der Waals surface area (Å²) in [6.45, 7) is 2.03. The fraction of sp³-hybridized carbons (Fsp3) is 0.0556. The monoisotopic (exact) mass is 290 g/mol. The van der Waals surface area contributed by atoms with Crippen LogP contribution in [0, 0.1) is 6.92 Å². The second-order valence-electron chi connectivity index (χ2n) is 5.02. The number of aryl methyl sites for hydroxylation is 1. The van der Waals surface area contributed by atoms with Crippen molar-refractivity contribution in [3.8, 4) is 22.6 Å². The number of hydrogen-bond acceptors (Lipinski definition) is 3. The lowest BCUT2D eigenvalue weighted by Gasteiger charge is -2.05. The average molecular weight is 290 g/mol. The minimum atomic E-state index is -0.935. The molecule has 0 radical (unpaired) electrons. The quantitative estimate of drug-likeness (QED) is 0.796. The van der Waals surface area contributed by atoms with Crippen LogP contribution in [0.5, 0.6) is 0 Å². The van der Waals surface area contributed by atoms with Crippen LogP contribution in [0.1, 0.15) is 15.9 Å². The summed E-state index contributed by atoms with van der Waals surface area (Å²) in [5, 5.41) is 8.94. The Morgan fingerprint density at radius 1 is 1.00 bits per heavy atom. The summed E-state index contributed by atoms with van der Waals surface area (Å²) in [4.78, 5) is 19.8. The third-order valence-electron chi connectivity index (χ3n) is 3.36. The number of hydrogen-bond donors (Lipinski definition) is 1. The van der Waals surface area contributed by atoms with Gasteiger partial charge in [0, 0.05) is 17.3 Å². The number of rotatable bonds is 3. The van der Waals surface area contributed by atoms with E-state index in [4.69, 9.17) is 5.11 Å². The number of carbonyl (C=O) groups is 1. The lowest BCUT2D eigenvalue weighted by atomic mass is 10.1. The number of benzene rings is 2. The van der Waals surface area contributed by atoms with Crippen molar-refractivity contribution in [3.05, 3.63) is 71.9 Å². The van der Waals surface area contributed by atoms with Crippen molar-refractivity contribution in [2.24, 2.45) is 0 Å². The van der Waals surface area contributed by atoms with Gasteiger partial charge in [-0.15, -0.1) is 0 Å². The molecule has 2 aromatic carbocycles. The fourth-order valence-corrected chi connectivity index (χ4v) is 2.23. The van der Waals surface area contributed by atoms with Gasteiger partial charge in [-0.3, -0.25) is 0 Å². The van der Waals surface area contributed by atoms with Gasteiger partial charge in [-0.05, 0) is 31.2 Å². The molecular formula is C18H14N2O2. The highest BCUT2D eigenvalue weighted by Crippen LogP contribution is 2.21. The van der Waals surface area contributed by atoms with Crippen molar-refractivity contribution in [1.29, 1.82) is 0 Å². The van der Waals surface area contributed by atoms with Gasteiger partial charge in [0.1, 0.15) is 0 Å². The van der Waals surface area contributed by atoms with Crippen molar-refractivity contribution in [3.63, 3.8) is 0 Å². The Balaban J connectivity index is 1.99. The average Bonchev–Trinajstić information content (AvgIpc) is 2.55. The Morgan fingerprint density at radius 3 is 2.45 bits per heavy atom. The number of carboxylic acid groups (broad SMARTS) is 1. The minimum absolute atomic E-state index is 0.261. The van der Waals surface area contributed by atoms with Gasteiger partial charge in [0.05, 0.1) is 11.3 Å². The lowest BCUT2D eigenvalue weighted by molar-refractivity contribution is 0.0697. The predicted molar refractivity (Wildman–Crippen MR) is 84.6 cm³/mol. The number of carboxylic acids is 1. The molecule has 0 bridgehead atoms. The van der Waals surface area contributed by atoms with Crippen molar-refractivity contribution in [1.82, 2.24) is 9.97 Å². The van der Waals surface area contributed by atoms with Crippen LogP contribution in [-0.2, 0) is 0 Å². The molecule has 0 spiro atoms. The van der Waals surface area contributed by atoms with Gasteiger partial charge in [-0.1, -0.05) is 35.9 Å². The molecule has 0 atom stereocenters. The number of aromatic nitrogens is 2. The zero-order chi connectivity index (χ0) is 15.5. The molecule has 4 nitrogen and oxygen atoms in total. The molecule has 3 aromatic rings. The van der Waals surface area contributed by atoms with Crippen molar-refractivity contribution in [2.45, 2.75) is 6.92 Å². The second kappa shape index (κ2) is 5.77. The number of aromatic carboxylic acids is 1. The van der Waals surface area contributed by atoms with E-state index in [0.717, 1.165) is 22.4 Å². The van der Waals surface area contributed by atoms with Gasteiger partial charge >= 0.3 is 5.97 Å². The molecule has 0 aliphatic heterocycles. The van der Waals surface area contributed by atoms with E-state index in [-0.39, 0.29) is 5.56 Å². The molecule has 22 heavy (non-hydrogen) atoms. The SMILES string of the molecule is Cc1cccc(-c2nccc(-c3ccc(C(=O)O)cc3)n2)c1. The van der Waals surface area contributed by atoms with E-state index < -0.39 is 5.97 Å². The molecule has 0 aliphatic carbocycles. The van der Waals surface area contributed by atoms with Gasteiger partial charge < -0.3 is 5.11 Å². The van der Waals surface area contributed by atoms with Crippen LogP contribution >= 0.6 is 0 Å². The zero-order valence-corrected chi connectivity index (χ0v) is 12.0. The highest BCUT2D eigenvalue weighted by Gasteiger charge is 2.07. The van der Waals surface area contributed by atoms with E-state index in [2.05, 4.69) is 9.97 Å². The summed E-state index contributed by atoms with van der Waals surface area (Å²) in [5.74, 6) is -0.279. The summed E-state index contributed by atoms with van der Waals surface area (Å²) in [7, 11) is 0. The van der Waals surface area contributed by atoms with Gasteiger partial charge in [-0.25, -0.2) is 14.8 Å². The van der Waals surface area contributed by atoms with E-state index in [9.17, 15) is 4.79 Å². The van der Waals surface area contributed by atoms with E-state index in [1.54, 1.807) is 30.5 Å². The van der Waals surface area contributed by atoms with Gasteiger partial charge in [0.15, 0.2) is 5.82 Å². The molecule has 0 unspecified atom stereocenters. The Kier molecular flexibility index (Phi) is 3.66. The molecular weight excluding hydrogens is 276 g/mol. The summed E-state index contributed by atoms with van der Waals surface area (Å²) in [5.41, 5.74) is 4.00. The summed E-state index contributed by atoms with van der Waals surface area (Å²) < 4.78 is 0. The molecule has 1 aromatic heterocycles. The fourth-order valence-electron chi connectivity index (χ4n) is 2.23. The molecule has 108 valence electrons. The lowest BCUT2D eigenvalue weighted by Crippen LogP contribution is -1.96. The van der Waals surface area contributed by atoms with Crippen LogP contribution < -0.4 is 0 Å². The topological polar surface area (TPSA) is 63.1 Å². The summed E-state index contributed by atoms with van der Waals surface area (Å²) >= 11 is 0. The van der Waals surface area contributed by atoms with E-state index in [0.29, 0.717) is 5.82 Å². The summed E-state index contributed by atoms with van der Waals surface area (Å²) in [6, 6.07) is 16.5. The van der Waals surface area contributed by atoms with E-state index in [1.807, 2.05) is 37.3 Å². The standard InChI is InChI=1S/C18H14N2O2/c1-12-3-2-4-15(11-12)17-19-10-9-16(20-17)13-5-7-14(8-6-13)18(21)22/h2-11H,1H3,(H,21,22). The predicted octanol–water partition coefficient (Wildman–Crippen LogP) is 3.82. The van der Waals surface area contributed by atoms with Crippen LogP contribution in [0.2, 0.25) is 0 Å². The maximum absolute atomic E-state index is 10.9. The molecule has 0 fully saturated rings. The first-order chi connectivity index (χ1) is 10.6. The van der Waals surface area contributed by atoms with Crippen molar-refractivity contribution >= 4 is 5.97 Å². The van der Waals surface area contributed by atoms with Crippen LogP contribution in [-0.4, -0.2) is 21.0 Å². The molecule has 0 amide bonds. The zero-order valence-electron chi connectivity index (χ0n) is 12.0. The van der Waals surface area contributed by atoms with E-state index in [1.165, 1.54) is 0 Å². The first-order valence-corrected chi connectivity index (χ1v) is 6.87. The van der Waals surface area contributed by atoms with Gasteiger partial charge in [0.2, 0.25) is 0 Å². The normalized spacial score (nSPS) is 10.4. The maximum Gasteiger partial charge on any atom is 0.335 e. The highest BCUT2D eigenvalue weighted by molar-refractivity contribution is 5.88. The van der Waals surface area contributed by atoms with Crippen LogP contribution in [0.3, 0.4) is 0 Å². The van der Waals surface area contributed by atoms with Gasteiger partial charge in [-0.2, -0.15) is 0 Å².